The van der Waals surface area contributed by atoms with Gasteiger partial charge < -0.3 is 9.47 Å². The number of fused-ring (bicyclic) bond motifs is 1. The van der Waals surface area contributed by atoms with Crippen LogP contribution in [0.3, 0.4) is 0 Å². The Labute approximate surface area is 91.2 Å². The molecule has 5 heteroatoms. The normalized spacial score (nSPS) is 12.8. The predicted molar refractivity (Wildman–Crippen MR) is 54.5 cm³/mol. The first-order valence-electron chi connectivity index (χ1n) is 4.78. The number of carbonyl (C=O) groups is 1. The van der Waals surface area contributed by atoms with E-state index in [0.29, 0.717) is 17.1 Å². The molecule has 0 amide bonds. The molecule has 80 valence electrons. The second-order valence-corrected chi connectivity index (χ2v) is 3.32. The molecule has 0 radical (unpaired) electrons. The van der Waals surface area contributed by atoms with Gasteiger partial charge in [0.2, 0.25) is 6.79 Å². The van der Waals surface area contributed by atoms with E-state index < -0.39 is 0 Å². The summed E-state index contributed by atoms with van der Waals surface area (Å²) in [5.41, 5.74) is 0.521. The van der Waals surface area contributed by atoms with Gasteiger partial charge in [-0.2, -0.15) is 5.10 Å². The van der Waals surface area contributed by atoms with Crippen LogP contribution in [0.5, 0.6) is 11.5 Å². The van der Waals surface area contributed by atoms with E-state index in [1.165, 1.54) is 4.68 Å². The maximum Gasteiger partial charge on any atom is 0.278 e. The van der Waals surface area contributed by atoms with Crippen LogP contribution < -0.4 is 9.47 Å². The summed E-state index contributed by atoms with van der Waals surface area (Å²) in [5, 5.41) is 3.88. The largest absolute Gasteiger partial charge is 0.454 e. The lowest BCUT2D eigenvalue weighted by atomic mass is 10.2. The molecule has 1 aliphatic rings. The van der Waals surface area contributed by atoms with Crippen molar-refractivity contribution in [1.29, 1.82) is 0 Å². The molecule has 5 nitrogen and oxygen atoms in total. The van der Waals surface area contributed by atoms with Gasteiger partial charge in [0.15, 0.2) is 11.5 Å². The van der Waals surface area contributed by atoms with Crippen molar-refractivity contribution in [3.05, 3.63) is 42.2 Å². The number of hydrogen-bond acceptors (Lipinski definition) is 4. The molecule has 1 aromatic carbocycles. The van der Waals surface area contributed by atoms with E-state index in [1.54, 1.807) is 36.7 Å². The zero-order valence-corrected chi connectivity index (χ0v) is 8.29. The molecule has 0 unspecified atom stereocenters. The van der Waals surface area contributed by atoms with Gasteiger partial charge >= 0.3 is 0 Å². The minimum atomic E-state index is -0.191. The van der Waals surface area contributed by atoms with Gasteiger partial charge in [0, 0.05) is 18.0 Å². The summed E-state index contributed by atoms with van der Waals surface area (Å²) >= 11 is 0. The van der Waals surface area contributed by atoms with Crippen molar-refractivity contribution in [2.45, 2.75) is 0 Å². The van der Waals surface area contributed by atoms with Crippen LogP contribution in [0.4, 0.5) is 0 Å². The molecule has 1 aliphatic heterocycles. The zero-order chi connectivity index (χ0) is 11.0. The third kappa shape index (κ3) is 1.33. The van der Waals surface area contributed by atoms with Crippen LogP contribution in [-0.4, -0.2) is 22.5 Å². The molecule has 0 bridgehead atoms. The van der Waals surface area contributed by atoms with Gasteiger partial charge in [0.25, 0.3) is 5.91 Å². The minimum Gasteiger partial charge on any atom is -0.454 e. The Kier molecular flexibility index (Phi) is 1.89. The summed E-state index contributed by atoms with van der Waals surface area (Å²) in [7, 11) is 0. The predicted octanol–water partition coefficient (Wildman–Crippen LogP) is 1.30. The van der Waals surface area contributed by atoms with Crippen LogP contribution in [0, 0.1) is 0 Å². The molecule has 0 fully saturated rings. The van der Waals surface area contributed by atoms with Crippen molar-refractivity contribution in [2.75, 3.05) is 6.79 Å². The fraction of sp³-hybridized carbons (Fsp3) is 0.0909. The number of benzene rings is 1. The molecule has 1 aromatic heterocycles. The van der Waals surface area contributed by atoms with Crippen molar-refractivity contribution in [3.63, 3.8) is 0 Å². The Morgan fingerprint density at radius 2 is 2.19 bits per heavy atom. The van der Waals surface area contributed by atoms with Gasteiger partial charge in [-0.3, -0.25) is 4.79 Å². The smallest absolute Gasteiger partial charge is 0.278 e. The third-order valence-corrected chi connectivity index (χ3v) is 2.33. The lowest BCUT2D eigenvalue weighted by Crippen LogP contribution is -2.12. The van der Waals surface area contributed by atoms with E-state index in [9.17, 15) is 4.79 Å². The average Bonchev–Trinajstić information content (AvgIpc) is 2.98. The lowest BCUT2D eigenvalue weighted by molar-refractivity contribution is 0.0944. The Morgan fingerprint density at radius 1 is 1.31 bits per heavy atom. The van der Waals surface area contributed by atoms with Crippen molar-refractivity contribution < 1.29 is 14.3 Å². The summed E-state index contributed by atoms with van der Waals surface area (Å²) in [5.74, 6) is 1.07. The summed E-state index contributed by atoms with van der Waals surface area (Å²) in [6.07, 6.45) is 3.16. The van der Waals surface area contributed by atoms with Crippen molar-refractivity contribution in [3.8, 4) is 11.5 Å². The Bertz CT molecular complexity index is 534. The van der Waals surface area contributed by atoms with Crippen LogP contribution in [0.1, 0.15) is 10.4 Å². The van der Waals surface area contributed by atoms with Crippen LogP contribution >= 0.6 is 0 Å². The lowest BCUT2D eigenvalue weighted by Gasteiger charge is -2.01. The highest BCUT2D eigenvalue weighted by Crippen LogP contribution is 2.32. The first-order valence-corrected chi connectivity index (χ1v) is 4.78. The number of carbonyl (C=O) groups excluding carboxylic acids is 1. The quantitative estimate of drug-likeness (QED) is 0.721. The summed E-state index contributed by atoms with van der Waals surface area (Å²) in [6, 6.07) is 6.77. The maximum atomic E-state index is 11.9. The van der Waals surface area contributed by atoms with Crippen LogP contribution in [0.25, 0.3) is 0 Å². The second-order valence-electron chi connectivity index (χ2n) is 3.32. The van der Waals surface area contributed by atoms with E-state index in [-0.39, 0.29) is 12.7 Å². The number of aromatic nitrogens is 2. The summed E-state index contributed by atoms with van der Waals surface area (Å²) < 4.78 is 11.6. The first kappa shape index (κ1) is 8.96. The molecule has 0 saturated heterocycles. The number of hydrogen-bond donors (Lipinski definition) is 0. The molecular formula is C11H8N2O3. The average molecular weight is 216 g/mol. The van der Waals surface area contributed by atoms with Crippen LogP contribution in [0.2, 0.25) is 0 Å². The Balaban J connectivity index is 1.99. The molecule has 2 heterocycles. The standard InChI is InChI=1S/C11H8N2O3/c14-11(13-5-1-4-12-13)8-2-3-9-10(6-8)16-7-15-9/h1-6H,7H2. The highest BCUT2D eigenvalue weighted by molar-refractivity contribution is 5.95. The highest BCUT2D eigenvalue weighted by Gasteiger charge is 2.16. The van der Waals surface area contributed by atoms with Crippen molar-refractivity contribution in [2.24, 2.45) is 0 Å². The maximum absolute atomic E-state index is 11.9. The molecule has 2 aromatic rings. The number of ether oxygens (including phenoxy) is 2. The van der Waals surface area contributed by atoms with Crippen LogP contribution in [0.15, 0.2) is 36.7 Å². The van der Waals surface area contributed by atoms with E-state index in [2.05, 4.69) is 5.10 Å². The zero-order valence-electron chi connectivity index (χ0n) is 8.29. The third-order valence-electron chi connectivity index (χ3n) is 2.33. The van der Waals surface area contributed by atoms with Gasteiger partial charge in [0.1, 0.15) is 0 Å². The molecular weight excluding hydrogens is 208 g/mol. The van der Waals surface area contributed by atoms with Gasteiger partial charge in [0.05, 0.1) is 0 Å². The number of rotatable bonds is 1. The van der Waals surface area contributed by atoms with Gasteiger partial charge in [-0.05, 0) is 24.3 Å². The van der Waals surface area contributed by atoms with E-state index in [4.69, 9.17) is 9.47 Å². The van der Waals surface area contributed by atoms with Crippen LogP contribution in [-0.2, 0) is 0 Å². The van der Waals surface area contributed by atoms with E-state index in [1.807, 2.05) is 0 Å². The second kappa shape index (κ2) is 3.37. The monoisotopic (exact) mass is 216 g/mol. The summed E-state index contributed by atoms with van der Waals surface area (Å²) in [4.78, 5) is 11.9. The van der Waals surface area contributed by atoms with Crippen molar-refractivity contribution >= 4 is 5.91 Å². The van der Waals surface area contributed by atoms with E-state index >= 15 is 0 Å². The van der Waals surface area contributed by atoms with E-state index in [0.717, 1.165) is 0 Å². The first-order chi connectivity index (χ1) is 7.84. The van der Waals surface area contributed by atoms with Crippen molar-refractivity contribution in [1.82, 2.24) is 9.78 Å². The fourth-order valence-electron chi connectivity index (χ4n) is 1.55. The fourth-order valence-corrected chi connectivity index (χ4v) is 1.55. The van der Waals surface area contributed by atoms with Gasteiger partial charge in [-0.15, -0.1) is 0 Å². The van der Waals surface area contributed by atoms with Gasteiger partial charge in [-0.25, -0.2) is 4.68 Å². The minimum absolute atomic E-state index is 0.191. The number of nitrogens with zero attached hydrogens (tertiary/aromatic N) is 2. The highest BCUT2D eigenvalue weighted by atomic mass is 16.7. The summed E-state index contributed by atoms with van der Waals surface area (Å²) in [6.45, 7) is 0.203. The molecule has 0 saturated carbocycles. The molecule has 0 N–H and O–H groups in total. The Morgan fingerprint density at radius 3 is 3.00 bits per heavy atom. The topological polar surface area (TPSA) is 53.4 Å². The van der Waals surface area contributed by atoms with Gasteiger partial charge in [-0.1, -0.05) is 0 Å². The SMILES string of the molecule is O=C(c1ccc2c(c1)OCO2)n1cccn1. The molecule has 0 spiro atoms. The molecule has 0 aliphatic carbocycles. The molecule has 16 heavy (non-hydrogen) atoms. The molecule has 0 atom stereocenters. The Hall–Kier alpha value is -2.30. The molecule has 3 rings (SSSR count).